The highest BCUT2D eigenvalue weighted by molar-refractivity contribution is 7.07. The van der Waals surface area contributed by atoms with E-state index in [-0.39, 0.29) is 5.78 Å². The van der Waals surface area contributed by atoms with Gasteiger partial charge in [-0.25, -0.2) is 4.98 Å². The van der Waals surface area contributed by atoms with Gasteiger partial charge in [-0.2, -0.15) is 0 Å². The van der Waals surface area contributed by atoms with Crippen LogP contribution in [0.15, 0.2) is 35.2 Å². The molecule has 1 aromatic heterocycles. The van der Waals surface area contributed by atoms with Gasteiger partial charge in [0.2, 0.25) is 5.78 Å². The molecule has 3 heteroatoms. The van der Waals surface area contributed by atoms with Gasteiger partial charge in [0.25, 0.3) is 0 Å². The fourth-order valence-electron chi connectivity index (χ4n) is 1.51. The summed E-state index contributed by atoms with van der Waals surface area (Å²) >= 11 is 1.44. The van der Waals surface area contributed by atoms with Crippen molar-refractivity contribution in [1.82, 2.24) is 4.98 Å². The van der Waals surface area contributed by atoms with Crippen LogP contribution in [0.4, 0.5) is 0 Å². The Morgan fingerprint density at radius 1 is 1.38 bits per heavy atom. The van der Waals surface area contributed by atoms with Crippen LogP contribution in [-0.2, 0) is 0 Å². The molecule has 16 heavy (non-hydrogen) atoms. The van der Waals surface area contributed by atoms with Gasteiger partial charge in [0.15, 0.2) is 0 Å². The molecule has 82 valence electrons. The second-order valence-electron chi connectivity index (χ2n) is 3.98. The van der Waals surface area contributed by atoms with Crippen LogP contribution < -0.4 is 0 Å². The molecular formula is C13H13NOS. The molecular weight excluding hydrogens is 218 g/mol. The second kappa shape index (κ2) is 4.58. The summed E-state index contributed by atoms with van der Waals surface area (Å²) < 4.78 is 0. The van der Waals surface area contributed by atoms with E-state index in [9.17, 15) is 4.79 Å². The zero-order valence-corrected chi connectivity index (χ0v) is 10.1. The number of benzene rings is 1. The van der Waals surface area contributed by atoms with Gasteiger partial charge in [-0.3, -0.25) is 4.79 Å². The van der Waals surface area contributed by atoms with Crippen LogP contribution in [0.25, 0.3) is 0 Å². The molecule has 2 aromatic rings. The van der Waals surface area contributed by atoms with E-state index in [0.29, 0.717) is 11.6 Å². The minimum atomic E-state index is 0.00347. The third-order valence-electron chi connectivity index (χ3n) is 2.48. The predicted octanol–water partition coefficient (Wildman–Crippen LogP) is 3.50. The van der Waals surface area contributed by atoms with Crippen molar-refractivity contribution < 1.29 is 4.79 Å². The lowest BCUT2D eigenvalue weighted by Gasteiger charge is -2.06. The number of hydrogen-bond acceptors (Lipinski definition) is 3. The molecule has 0 saturated heterocycles. The number of carbonyl (C=O) groups is 1. The van der Waals surface area contributed by atoms with E-state index in [1.807, 2.05) is 24.3 Å². The van der Waals surface area contributed by atoms with E-state index in [1.54, 1.807) is 10.9 Å². The highest BCUT2D eigenvalue weighted by atomic mass is 32.1. The maximum atomic E-state index is 12.0. The molecule has 0 saturated carbocycles. The zero-order valence-electron chi connectivity index (χ0n) is 9.31. The summed E-state index contributed by atoms with van der Waals surface area (Å²) in [5.74, 6) is 0.437. The van der Waals surface area contributed by atoms with Gasteiger partial charge in [-0.1, -0.05) is 32.0 Å². The van der Waals surface area contributed by atoms with Crippen molar-refractivity contribution in [2.75, 3.05) is 0 Å². The summed E-state index contributed by atoms with van der Waals surface area (Å²) in [6.07, 6.45) is 0. The molecule has 0 aliphatic heterocycles. The molecule has 1 heterocycles. The van der Waals surface area contributed by atoms with Crippen molar-refractivity contribution in [3.05, 3.63) is 52.0 Å². The number of carbonyl (C=O) groups excluding carboxylic acids is 1. The molecule has 0 unspecified atom stereocenters. The monoisotopic (exact) mass is 231 g/mol. The molecule has 2 nitrogen and oxygen atoms in total. The van der Waals surface area contributed by atoms with Crippen molar-refractivity contribution in [3.8, 4) is 0 Å². The third-order valence-corrected chi connectivity index (χ3v) is 3.07. The van der Waals surface area contributed by atoms with E-state index in [0.717, 1.165) is 5.56 Å². The maximum absolute atomic E-state index is 12.0. The first-order valence-corrected chi connectivity index (χ1v) is 6.15. The number of rotatable bonds is 3. The number of ketones is 1. The highest BCUT2D eigenvalue weighted by Crippen LogP contribution is 2.17. The number of aromatic nitrogens is 1. The van der Waals surface area contributed by atoms with Crippen LogP contribution in [0.3, 0.4) is 0 Å². The van der Waals surface area contributed by atoms with Gasteiger partial charge in [-0.05, 0) is 17.5 Å². The minimum absolute atomic E-state index is 0.00347. The van der Waals surface area contributed by atoms with Crippen LogP contribution in [-0.4, -0.2) is 10.8 Å². The minimum Gasteiger partial charge on any atom is -0.287 e. The van der Waals surface area contributed by atoms with E-state index in [2.05, 4.69) is 18.8 Å². The molecule has 0 radical (unpaired) electrons. The largest absolute Gasteiger partial charge is 0.287 e. The van der Waals surface area contributed by atoms with E-state index >= 15 is 0 Å². The predicted molar refractivity (Wildman–Crippen MR) is 66.1 cm³/mol. The summed E-state index contributed by atoms with van der Waals surface area (Å²) in [6.45, 7) is 4.23. The van der Waals surface area contributed by atoms with Crippen molar-refractivity contribution in [2.24, 2.45) is 0 Å². The zero-order chi connectivity index (χ0) is 11.5. The van der Waals surface area contributed by atoms with Gasteiger partial charge in [0.05, 0.1) is 5.51 Å². The summed E-state index contributed by atoms with van der Waals surface area (Å²) in [5.41, 5.74) is 4.11. The summed E-state index contributed by atoms with van der Waals surface area (Å²) in [7, 11) is 0. The van der Waals surface area contributed by atoms with Gasteiger partial charge in [0.1, 0.15) is 5.69 Å². The number of hydrogen-bond donors (Lipinski definition) is 0. The van der Waals surface area contributed by atoms with E-state index < -0.39 is 0 Å². The maximum Gasteiger partial charge on any atom is 0.212 e. The lowest BCUT2D eigenvalue weighted by molar-refractivity contribution is 0.103. The molecule has 0 atom stereocenters. The van der Waals surface area contributed by atoms with Crippen molar-refractivity contribution >= 4 is 17.1 Å². The first-order chi connectivity index (χ1) is 7.68. The molecule has 2 rings (SSSR count). The molecule has 0 spiro atoms. The summed E-state index contributed by atoms with van der Waals surface area (Å²) in [5, 5.41) is 1.78. The Morgan fingerprint density at radius 3 is 2.81 bits per heavy atom. The molecule has 0 bridgehead atoms. The van der Waals surface area contributed by atoms with E-state index in [1.165, 1.54) is 16.9 Å². The van der Waals surface area contributed by atoms with Crippen LogP contribution in [0, 0.1) is 0 Å². The van der Waals surface area contributed by atoms with Gasteiger partial charge >= 0.3 is 0 Å². The second-order valence-corrected chi connectivity index (χ2v) is 4.70. The Balaban J connectivity index is 2.34. The first kappa shape index (κ1) is 11.0. The highest BCUT2D eigenvalue weighted by Gasteiger charge is 2.11. The Kier molecular flexibility index (Phi) is 3.15. The smallest absolute Gasteiger partial charge is 0.212 e. The normalized spacial score (nSPS) is 10.7. The topological polar surface area (TPSA) is 30.0 Å². The lowest BCUT2D eigenvalue weighted by Crippen LogP contribution is -2.02. The fourth-order valence-corrected chi connectivity index (χ4v) is 2.04. The van der Waals surface area contributed by atoms with Crippen molar-refractivity contribution in [1.29, 1.82) is 0 Å². The molecule has 0 aliphatic rings. The fraction of sp³-hybridized carbons (Fsp3) is 0.231. The molecule has 1 aromatic carbocycles. The number of nitrogens with zero attached hydrogens (tertiary/aromatic N) is 1. The van der Waals surface area contributed by atoms with Crippen LogP contribution in [0.1, 0.15) is 41.4 Å². The van der Waals surface area contributed by atoms with Crippen molar-refractivity contribution in [3.63, 3.8) is 0 Å². The average molecular weight is 231 g/mol. The van der Waals surface area contributed by atoms with Gasteiger partial charge in [-0.15, -0.1) is 11.3 Å². The number of thiazole rings is 1. The van der Waals surface area contributed by atoms with Crippen LogP contribution >= 0.6 is 11.3 Å². The molecule has 0 fully saturated rings. The Morgan fingerprint density at radius 2 is 2.19 bits per heavy atom. The van der Waals surface area contributed by atoms with Crippen LogP contribution in [0.5, 0.6) is 0 Å². The SMILES string of the molecule is CC(C)c1cccc(C(=O)c2cscn2)c1. The standard InChI is InChI=1S/C13H13NOS/c1-9(2)10-4-3-5-11(6-10)13(15)12-7-16-8-14-12/h3-9H,1-2H3. The Labute approximate surface area is 99.0 Å². The Bertz CT molecular complexity index is 488. The Hall–Kier alpha value is -1.48. The summed E-state index contributed by atoms with van der Waals surface area (Å²) in [6, 6.07) is 7.76. The summed E-state index contributed by atoms with van der Waals surface area (Å²) in [4.78, 5) is 16.1. The molecule has 0 aliphatic carbocycles. The van der Waals surface area contributed by atoms with Crippen molar-refractivity contribution in [2.45, 2.75) is 19.8 Å². The lowest BCUT2D eigenvalue weighted by atomic mass is 9.99. The average Bonchev–Trinajstić information content (AvgIpc) is 2.81. The van der Waals surface area contributed by atoms with Gasteiger partial charge < -0.3 is 0 Å². The quantitative estimate of drug-likeness (QED) is 0.757. The molecule has 0 N–H and O–H groups in total. The molecule has 0 amide bonds. The third kappa shape index (κ3) is 2.19. The first-order valence-electron chi connectivity index (χ1n) is 5.21. The van der Waals surface area contributed by atoms with Crippen LogP contribution in [0.2, 0.25) is 0 Å². The van der Waals surface area contributed by atoms with E-state index in [4.69, 9.17) is 0 Å². The van der Waals surface area contributed by atoms with Gasteiger partial charge in [0, 0.05) is 10.9 Å².